The molecule has 3 rings (SSSR count). The number of likely N-dealkylation sites (tertiary alicyclic amines) is 1. The zero-order valence-electron chi connectivity index (χ0n) is 23.1. The van der Waals surface area contributed by atoms with E-state index < -0.39 is 29.1 Å². The molecule has 0 aliphatic carbocycles. The minimum absolute atomic E-state index is 0.0262. The number of fused-ring (bicyclic) bond motifs is 1. The van der Waals surface area contributed by atoms with Crippen LogP contribution in [-0.4, -0.2) is 94.1 Å². The van der Waals surface area contributed by atoms with Gasteiger partial charge in [-0.3, -0.25) is 14.4 Å². The summed E-state index contributed by atoms with van der Waals surface area (Å²) in [6.45, 7) is 16.2. The third-order valence-electron chi connectivity index (χ3n) is 8.59. The summed E-state index contributed by atoms with van der Waals surface area (Å²) in [5, 5.41) is 9.37. The van der Waals surface area contributed by atoms with Gasteiger partial charge in [0.05, 0.1) is 17.4 Å². The Balaban J connectivity index is 2.07. The molecule has 1 spiro atoms. The molecule has 3 aliphatic rings. The Labute approximate surface area is 222 Å². The lowest BCUT2D eigenvalue weighted by Crippen LogP contribution is -2.56. The Morgan fingerprint density at radius 3 is 2.27 bits per heavy atom. The van der Waals surface area contributed by atoms with Gasteiger partial charge in [0.25, 0.3) is 0 Å². The number of carbonyl (C=O) groups excluding carboxylic acids is 3. The molecule has 3 aliphatic heterocycles. The summed E-state index contributed by atoms with van der Waals surface area (Å²) in [7, 11) is 0. The van der Waals surface area contributed by atoms with E-state index in [2.05, 4.69) is 20.1 Å². The van der Waals surface area contributed by atoms with E-state index in [1.807, 2.05) is 13.8 Å². The average molecular weight is 518 g/mol. The molecule has 2 bridgehead atoms. The van der Waals surface area contributed by atoms with Crippen molar-refractivity contribution in [1.29, 1.82) is 0 Å². The van der Waals surface area contributed by atoms with Crippen LogP contribution in [0.25, 0.3) is 0 Å². The second-order valence-corrected chi connectivity index (χ2v) is 10.8. The van der Waals surface area contributed by atoms with Crippen LogP contribution in [-0.2, 0) is 19.1 Å². The second-order valence-electron chi connectivity index (χ2n) is 10.8. The van der Waals surface area contributed by atoms with Gasteiger partial charge in [0.15, 0.2) is 0 Å². The van der Waals surface area contributed by atoms with Gasteiger partial charge in [0.1, 0.15) is 11.6 Å². The number of nitrogens with zero attached hydrogens (tertiary/aromatic N) is 3. The van der Waals surface area contributed by atoms with Crippen LogP contribution >= 0.6 is 0 Å². The standard InChI is InChI=1S/C29H47N3O5/c1-6-11-19-31(18-9-4)27(36)24-29-15-14-28(10-5,37-29)22(25(34)30(16-7-2)17-8-3)23(29)26(35)32(24)20-12-13-21-33/h7,9,22-24,33H,2,4,6,8,10-21H2,1,3,5H3/t22-,23-,24?,28+,29?/m0/s1. The summed E-state index contributed by atoms with van der Waals surface area (Å²) in [4.78, 5) is 47.7. The van der Waals surface area contributed by atoms with Gasteiger partial charge < -0.3 is 24.5 Å². The number of rotatable bonds is 16. The highest BCUT2D eigenvalue weighted by molar-refractivity contribution is 5.99. The highest BCUT2D eigenvalue weighted by Gasteiger charge is 2.78. The molecule has 3 heterocycles. The van der Waals surface area contributed by atoms with Crippen molar-refractivity contribution in [2.24, 2.45) is 11.8 Å². The lowest BCUT2D eigenvalue weighted by Gasteiger charge is -2.37. The van der Waals surface area contributed by atoms with Gasteiger partial charge in [-0.2, -0.15) is 0 Å². The summed E-state index contributed by atoms with van der Waals surface area (Å²) < 4.78 is 6.88. The normalized spacial score (nSPS) is 29.9. The van der Waals surface area contributed by atoms with Gasteiger partial charge in [0.2, 0.25) is 17.7 Å². The van der Waals surface area contributed by atoms with Crippen molar-refractivity contribution in [2.75, 3.05) is 39.3 Å². The van der Waals surface area contributed by atoms with Crippen LogP contribution in [0.5, 0.6) is 0 Å². The Morgan fingerprint density at radius 2 is 1.70 bits per heavy atom. The second kappa shape index (κ2) is 12.6. The molecule has 0 radical (unpaired) electrons. The Bertz CT molecular complexity index is 862. The highest BCUT2D eigenvalue weighted by Crippen LogP contribution is 2.64. The third-order valence-corrected chi connectivity index (χ3v) is 8.59. The molecule has 0 saturated carbocycles. The Hall–Kier alpha value is -2.19. The molecule has 0 aromatic rings. The number of aliphatic hydroxyl groups excluding tert-OH is 1. The monoisotopic (exact) mass is 517 g/mol. The van der Waals surface area contributed by atoms with E-state index in [0.717, 1.165) is 19.3 Å². The lowest BCUT2D eigenvalue weighted by atomic mass is 9.64. The number of hydrogen-bond acceptors (Lipinski definition) is 5. The smallest absolute Gasteiger partial charge is 0.248 e. The first-order valence-corrected chi connectivity index (χ1v) is 14.2. The molecule has 8 nitrogen and oxygen atoms in total. The number of amides is 3. The van der Waals surface area contributed by atoms with Crippen LogP contribution in [0.3, 0.4) is 0 Å². The third kappa shape index (κ3) is 5.11. The minimum Gasteiger partial charge on any atom is -0.396 e. The molecule has 1 N–H and O–H groups in total. The topological polar surface area (TPSA) is 90.4 Å². The van der Waals surface area contributed by atoms with Crippen molar-refractivity contribution in [3.63, 3.8) is 0 Å². The average Bonchev–Trinajstić information content (AvgIpc) is 3.49. The zero-order valence-corrected chi connectivity index (χ0v) is 23.1. The molecule has 208 valence electrons. The van der Waals surface area contributed by atoms with E-state index in [-0.39, 0.29) is 24.3 Å². The fraction of sp³-hybridized carbons (Fsp3) is 0.759. The van der Waals surface area contributed by atoms with Gasteiger partial charge >= 0.3 is 0 Å². The molecule has 0 aromatic heterocycles. The van der Waals surface area contributed by atoms with Gasteiger partial charge in [-0.15, -0.1) is 13.2 Å². The summed E-state index contributed by atoms with van der Waals surface area (Å²) in [6, 6.07) is -0.772. The number of aliphatic hydroxyl groups is 1. The summed E-state index contributed by atoms with van der Waals surface area (Å²) in [5.41, 5.74) is -1.76. The molecule has 0 aromatic carbocycles. The summed E-state index contributed by atoms with van der Waals surface area (Å²) >= 11 is 0. The molecule has 5 atom stereocenters. The Kier molecular flexibility index (Phi) is 9.98. The quantitative estimate of drug-likeness (QED) is 0.251. The summed E-state index contributed by atoms with van der Waals surface area (Å²) in [6.07, 6.45) is 9.03. The first-order chi connectivity index (χ1) is 17.8. The predicted molar refractivity (Wildman–Crippen MR) is 144 cm³/mol. The van der Waals surface area contributed by atoms with Crippen LogP contribution in [0.4, 0.5) is 0 Å². The number of carbonyl (C=O) groups is 3. The van der Waals surface area contributed by atoms with Gasteiger partial charge in [-0.25, -0.2) is 0 Å². The molecule has 3 amide bonds. The fourth-order valence-electron chi connectivity index (χ4n) is 6.89. The minimum atomic E-state index is -1.01. The van der Waals surface area contributed by atoms with Crippen molar-refractivity contribution < 1.29 is 24.2 Å². The lowest BCUT2D eigenvalue weighted by molar-refractivity contribution is -0.155. The number of unbranched alkanes of at least 4 members (excludes halogenated alkanes) is 2. The van der Waals surface area contributed by atoms with Crippen molar-refractivity contribution in [1.82, 2.24) is 14.7 Å². The molecule has 2 unspecified atom stereocenters. The van der Waals surface area contributed by atoms with E-state index >= 15 is 0 Å². The molecular weight excluding hydrogens is 470 g/mol. The molecule has 37 heavy (non-hydrogen) atoms. The molecule has 3 fully saturated rings. The zero-order chi connectivity index (χ0) is 27.2. The van der Waals surface area contributed by atoms with E-state index in [1.165, 1.54) is 0 Å². The van der Waals surface area contributed by atoms with E-state index in [9.17, 15) is 19.5 Å². The Morgan fingerprint density at radius 1 is 1.03 bits per heavy atom. The van der Waals surface area contributed by atoms with E-state index in [4.69, 9.17) is 4.74 Å². The van der Waals surface area contributed by atoms with Crippen LogP contribution in [0, 0.1) is 11.8 Å². The van der Waals surface area contributed by atoms with E-state index in [1.54, 1.807) is 26.9 Å². The van der Waals surface area contributed by atoms with Crippen molar-refractivity contribution >= 4 is 17.7 Å². The first kappa shape index (κ1) is 29.4. The first-order valence-electron chi connectivity index (χ1n) is 14.2. The number of hydrogen-bond donors (Lipinski definition) is 1. The largest absolute Gasteiger partial charge is 0.396 e. The van der Waals surface area contributed by atoms with Crippen LogP contribution in [0.1, 0.15) is 72.1 Å². The number of ether oxygens (including phenoxy) is 1. The van der Waals surface area contributed by atoms with Crippen molar-refractivity contribution in [3.05, 3.63) is 25.3 Å². The van der Waals surface area contributed by atoms with E-state index in [0.29, 0.717) is 64.8 Å². The molecule has 3 saturated heterocycles. The van der Waals surface area contributed by atoms with Crippen LogP contribution in [0.2, 0.25) is 0 Å². The van der Waals surface area contributed by atoms with Crippen molar-refractivity contribution in [2.45, 2.75) is 89.4 Å². The van der Waals surface area contributed by atoms with Gasteiger partial charge in [-0.05, 0) is 44.9 Å². The van der Waals surface area contributed by atoms with Gasteiger partial charge in [0, 0.05) is 39.3 Å². The van der Waals surface area contributed by atoms with Gasteiger partial charge in [-0.1, -0.05) is 39.3 Å². The molecular formula is C29H47N3O5. The SMILES string of the molecule is C=CCN(CCCC)C(=O)C1N(CCCCO)C(=O)[C@@H]2[C@@H](C(=O)N(CC=C)CCC)[C@@]3(CC)CCC12O3. The molecule has 8 heteroatoms. The van der Waals surface area contributed by atoms with Crippen molar-refractivity contribution in [3.8, 4) is 0 Å². The summed E-state index contributed by atoms with van der Waals surface area (Å²) in [5.74, 6) is -1.65. The maximum Gasteiger partial charge on any atom is 0.248 e. The maximum atomic E-state index is 14.2. The predicted octanol–water partition coefficient (Wildman–Crippen LogP) is 3.15. The van der Waals surface area contributed by atoms with Crippen LogP contribution < -0.4 is 0 Å². The fourth-order valence-corrected chi connectivity index (χ4v) is 6.89. The van der Waals surface area contributed by atoms with Crippen LogP contribution in [0.15, 0.2) is 25.3 Å². The highest BCUT2D eigenvalue weighted by atomic mass is 16.5. The maximum absolute atomic E-state index is 14.2.